The Morgan fingerprint density at radius 1 is 1.28 bits per heavy atom. The predicted octanol–water partition coefficient (Wildman–Crippen LogP) is 2.41. The van der Waals surface area contributed by atoms with Crippen molar-refractivity contribution in [2.45, 2.75) is 19.0 Å². The molecule has 2 atom stereocenters. The fourth-order valence-electron chi connectivity index (χ4n) is 2.18. The molecule has 4 heteroatoms. The topological polar surface area (TPSA) is 39.1 Å². The quantitative estimate of drug-likeness (QED) is 0.879. The van der Waals surface area contributed by atoms with Crippen molar-refractivity contribution in [3.05, 3.63) is 48.5 Å². The van der Waals surface area contributed by atoms with Gasteiger partial charge in [0.05, 0.1) is 25.5 Å². The maximum Gasteiger partial charge on any atom is 0.118 e. The number of rotatable bonds is 5. The molecule has 0 spiro atoms. The standard InChI is InChI=1S/C14H19N3O/c1-11(17-9-8-16-10-17)14(15-2)12-4-6-13(18-3)7-5-12/h4-11,14-15H,1-3H3. The lowest BCUT2D eigenvalue weighted by Crippen LogP contribution is -2.25. The summed E-state index contributed by atoms with van der Waals surface area (Å²) in [7, 11) is 3.65. The van der Waals surface area contributed by atoms with E-state index in [9.17, 15) is 0 Å². The normalized spacial score (nSPS) is 14.2. The van der Waals surface area contributed by atoms with E-state index >= 15 is 0 Å². The lowest BCUT2D eigenvalue weighted by molar-refractivity contribution is 0.397. The summed E-state index contributed by atoms with van der Waals surface area (Å²) in [4.78, 5) is 4.10. The van der Waals surface area contributed by atoms with Crippen LogP contribution in [0.15, 0.2) is 43.0 Å². The van der Waals surface area contributed by atoms with Crippen molar-refractivity contribution in [1.82, 2.24) is 14.9 Å². The number of nitrogens with one attached hydrogen (secondary N) is 1. The Balaban J connectivity index is 2.21. The SMILES string of the molecule is CNC(c1ccc(OC)cc1)C(C)n1ccnc1. The summed E-state index contributed by atoms with van der Waals surface area (Å²) in [5, 5.41) is 3.35. The van der Waals surface area contributed by atoms with Crippen LogP contribution in [0.1, 0.15) is 24.6 Å². The average Bonchev–Trinajstić information content (AvgIpc) is 2.94. The van der Waals surface area contributed by atoms with Gasteiger partial charge in [0.1, 0.15) is 5.75 Å². The molecule has 0 aliphatic heterocycles. The van der Waals surface area contributed by atoms with Crippen LogP contribution in [0.25, 0.3) is 0 Å². The lowest BCUT2D eigenvalue weighted by Gasteiger charge is -2.25. The van der Waals surface area contributed by atoms with Gasteiger partial charge in [-0.3, -0.25) is 0 Å². The minimum atomic E-state index is 0.241. The van der Waals surface area contributed by atoms with Gasteiger partial charge in [0, 0.05) is 12.4 Å². The highest BCUT2D eigenvalue weighted by Crippen LogP contribution is 2.26. The molecule has 0 bridgehead atoms. The third-order valence-electron chi connectivity index (χ3n) is 3.26. The molecule has 1 heterocycles. The van der Waals surface area contributed by atoms with Crippen LogP contribution < -0.4 is 10.1 Å². The second-order valence-corrected chi connectivity index (χ2v) is 4.29. The zero-order chi connectivity index (χ0) is 13.0. The Kier molecular flexibility index (Phi) is 3.99. The van der Waals surface area contributed by atoms with Crippen LogP contribution in [0.5, 0.6) is 5.75 Å². The van der Waals surface area contributed by atoms with Gasteiger partial charge >= 0.3 is 0 Å². The minimum absolute atomic E-state index is 0.241. The van der Waals surface area contributed by atoms with Gasteiger partial charge < -0.3 is 14.6 Å². The van der Waals surface area contributed by atoms with Crippen LogP contribution in [0.4, 0.5) is 0 Å². The van der Waals surface area contributed by atoms with E-state index in [1.54, 1.807) is 13.3 Å². The highest BCUT2D eigenvalue weighted by atomic mass is 16.5. The number of benzene rings is 1. The Labute approximate surface area is 108 Å². The van der Waals surface area contributed by atoms with Crippen molar-refractivity contribution in [3.8, 4) is 5.75 Å². The molecule has 1 aromatic carbocycles. The molecule has 2 unspecified atom stereocenters. The summed E-state index contributed by atoms with van der Waals surface area (Å²) in [6.45, 7) is 2.17. The van der Waals surface area contributed by atoms with Crippen LogP contribution >= 0.6 is 0 Å². The van der Waals surface area contributed by atoms with Crippen molar-refractivity contribution < 1.29 is 4.74 Å². The molecule has 2 aromatic rings. The van der Waals surface area contributed by atoms with Crippen LogP contribution in [0.3, 0.4) is 0 Å². The van der Waals surface area contributed by atoms with E-state index in [4.69, 9.17) is 4.74 Å². The van der Waals surface area contributed by atoms with Crippen molar-refractivity contribution in [2.75, 3.05) is 14.2 Å². The Morgan fingerprint density at radius 3 is 2.50 bits per heavy atom. The van der Waals surface area contributed by atoms with Crippen LogP contribution in [0.2, 0.25) is 0 Å². The summed E-state index contributed by atoms with van der Waals surface area (Å²) < 4.78 is 7.28. The van der Waals surface area contributed by atoms with Gasteiger partial charge in [-0.05, 0) is 31.7 Å². The molecule has 4 nitrogen and oxygen atoms in total. The second-order valence-electron chi connectivity index (χ2n) is 4.29. The first-order valence-electron chi connectivity index (χ1n) is 6.05. The van der Waals surface area contributed by atoms with Gasteiger partial charge in [-0.25, -0.2) is 4.98 Å². The summed E-state index contributed by atoms with van der Waals surface area (Å²) in [5.41, 5.74) is 1.24. The Bertz CT molecular complexity index is 464. The average molecular weight is 245 g/mol. The highest BCUT2D eigenvalue weighted by Gasteiger charge is 2.18. The number of hydrogen-bond acceptors (Lipinski definition) is 3. The number of ether oxygens (including phenoxy) is 1. The molecule has 0 amide bonds. The third kappa shape index (κ3) is 2.54. The third-order valence-corrected chi connectivity index (χ3v) is 3.26. The van der Waals surface area contributed by atoms with Crippen molar-refractivity contribution in [1.29, 1.82) is 0 Å². The van der Waals surface area contributed by atoms with Gasteiger partial charge in [0.2, 0.25) is 0 Å². The maximum absolute atomic E-state index is 5.18. The molecule has 1 N–H and O–H groups in total. The zero-order valence-corrected chi connectivity index (χ0v) is 11.0. The van der Waals surface area contributed by atoms with Gasteiger partial charge in [-0.15, -0.1) is 0 Å². The first-order valence-corrected chi connectivity index (χ1v) is 6.05. The molecule has 0 aliphatic rings. The van der Waals surface area contributed by atoms with Gasteiger partial charge in [-0.2, -0.15) is 0 Å². The van der Waals surface area contributed by atoms with Crippen molar-refractivity contribution >= 4 is 0 Å². The van der Waals surface area contributed by atoms with E-state index in [0.29, 0.717) is 6.04 Å². The van der Waals surface area contributed by atoms with Crippen LogP contribution in [-0.2, 0) is 0 Å². The van der Waals surface area contributed by atoms with Gasteiger partial charge in [-0.1, -0.05) is 12.1 Å². The number of likely N-dealkylation sites (N-methyl/N-ethyl adjacent to an activating group) is 1. The van der Waals surface area contributed by atoms with Crippen LogP contribution in [0, 0.1) is 0 Å². The summed E-state index contributed by atoms with van der Waals surface area (Å²) in [6, 6.07) is 8.69. The highest BCUT2D eigenvalue weighted by molar-refractivity contribution is 5.29. The number of methoxy groups -OCH3 is 1. The maximum atomic E-state index is 5.18. The molecular formula is C14H19N3O. The van der Waals surface area contributed by atoms with Gasteiger partial charge in [0.15, 0.2) is 0 Å². The van der Waals surface area contributed by atoms with E-state index in [1.807, 2.05) is 31.7 Å². The smallest absolute Gasteiger partial charge is 0.118 e. The van der Waals surface area contributed by atoms with E-state index in [1.165, 1.54) is 5.56 Å². The summed E-state index contributed by atoms with van der Waals surface area (Å²) >= 11 is 0. The molecule has 96 valence electrons. The molecule has 18 heavy (non-hydrogen) atoms. The fourth-order valence-corrected chi connectivity index (χ4v) is 2.18. The summed E-state index contributed by atoms with van der Waals surface area (Å²) in [5.74, 6) is 0.879. The lowest BCUT2D eigenvalue weighted by atomic mass is 10.0. The predicted molar refractivity (Wildman–Crippen MR) is 71.7 cm³/mol. The fraction of sp³-hybridized carbons (Fsp3) is 0.357. The van der Waals surface area contributed by atoms with Crippen molar-refractivity contribution in [2.24, 2.45) is 0 Å². The second kappa shape index (κ2) is 5.69. The van der Waals surface area contributed by atoms with Gasteiger partial charge in [0.25, 0.3) is 0 Å². The number of nitrogens with zero attached hydrogens (tertiary/aromatic N) is 2. The molecule has 1 aromatic heterocycles. The molecule has 0 saturated heterocycles. The molecule has 0 aliphatic carbocycles. The molecule has 0 fully saturated rings. The Morgan fingerprint density at radius 2 is 2.00 bits per heavy atom. The number of aromatic nitrogens is 2. The summed E-state index contributed by atoms with van der Waals surface area (Å²) in [6.07, 6.45) is 5.63. The zero-order valence-electron chi connectivity index (χ0n) is 11.0. The monoisotopic (exact) mass is 245 g/mol. The molecule has 0 radical (unpaired) electrons. The van der Waals surface area contributed by atoms with E-state index < -0.39 is 0 Å². The first-order chi connectivity index (χ1) is 8.76. The first kappa shape index (κ1) is 12.6. The van der Waals surface area contributed by atoms with E-state index in [-0.39, 0.29) is 6.04 Å². The largest absolute Gasteiger partial charge is 0.497 e. The van der Waals surface area contributed by atoms with Crippen LogP contribution in [-0.4, -0.2) is 23.7 Å². The molecule has 0 saturated carbocycles. The van der Waals surface area contributed by atoms with E-state index in [0.717, 1.165) is 5.75 Å². The molecule has 2 rings (SSSR count). The number of imidazole rings is 1. The van der Waals surface area contributed by atoms with E-state index in [2.05, 4.69) is 33.9 Å². The minimum Gasteiger partial charge on any atom is -0.497 e. The number of hydrogen-bond donors (Lipinski definition) is 1. The van der Waals surface area contributed by atoms with Crippen molar-refractivity contribution in [3.63, 3.8) is 0 Å². The molecular weight excluding hydrogens is 226 g/mol. The Hall–Kier alpha value is -1.81.